The molecule has 4 rings (SSSR count). The van der Waals surface area contributed by atoms with Gasteiger partial charge in [0.15, 0.2) is 0 Å². The summed E-state index contributed by atoms with van der Waals surface area (Å²) in [4.78, 5) is 12.5. The van der Waals surface area contributed by atoms with Crippen LogP contribution in [0.3, 0.4) is 0 Å². The van der Waals surface area contributed by atoms with Gasteiger partial charge in [0.05, 0.1) is 11.6 Å². The van der Waals surface area contributed by atoms with Crippen LogP contribution in [0.1, 0.15) is 11.1 Å². The molecule has 0 spiro atoms. The molecule has 0 bridgehead atoms. The Hall–Kier alpha value is -4.08. The third-order valence-corrected chi connectivity index (χ3v) is 5.81. The number of rotatable bonds is 7. The quantitative estimate of drug-likeness (QED) is 0.220. The Morgan fingerprint density at radius 3 is 2.47 bits per heavy atom. The first-order chi connectivity index (χ1) is 16.6. The van der Waals surface area contributed by atoms with Crippen LogP contribution in [-0.2, 0) is 11.4 Å². The Bertz CT molecular complexity index is 1410. The van der Waals surface area contributed by atoms with Crippen molar-refractivity contribution in [2.75, 3.05) is 12.4 Å². The molecule has 0 aromatic heterocycles. The lowest BCUT2D eigenvalue weighted by Gasteiger charge is -2.10. The molecule has 0 aliphatic heterocycles. The third-order valence-electron chi connectivity index (χ3n) is 5.19. The standard InChI is InChI=1S/C28H21BrN2O3/c1-33-25-11-9-24(10-12-25)31-28(32)23(17-30)14-19-7-13-27(26(29)16-19)34-18-20-6-8-21-4-2-3-5-22(21)15-20/h2-16H,18H2,1H3,(H,31,32)/b23-14-. The molecular weight excluding hydrogens is 492 g/mol. The summed E-state index contributed by atoms with van der Waals surface area (Å²) >= 11 is 3.53. The Kier molecular flexibility index (Phi) is 7.26. The van der Waals surface area contributed by atoms with Gasteiger partial charge in [-0.25, -0.2) is 0 Å². The smallest absolute Gasteiger partial charge is 0.266 e. The van der Waals surface area contributed by atoms with E-state index in [0.29, 0.717) is 29.4 Å². The summed E-state index contributed by atoms with van der Waals surface area (Å²) in [6.07, 6.45) is 1.54. The number of nitrogens with one attached hydrogen (secondary N) is 1. The minimum atomic E-state index is -0.486. The maximum absolute atomic E-state index is 12.5. The fourth-order valence-electron chi connectivity index (χ4n) is 3.40. The Morgan fingerprint density at radius 1 is 1.00 bits per heavy atom. The van der Waals surface area contributed by atoms with Crippen molar-refractivity contribution >= 4 is 44.4 Å². The molecule has 0 aliphatic rings. The van der Waals surface area contributed by atoms with Gasteiger partial charge in [0.25, 0.3) is 5.91 Å². The molecule has 0 fully saturated rings. The van der Waals surface area contributed by atoms with E-state index in [1.165, 1.54) is 16.8 Å². The number of nitriles is 1. The monoisotopic (exact) mass is 512 g/mol. The van der Waals surface area contributed by atoms with Crippen molar-refractivity contribution in [3.05, 3.63) is 106 Å². The van der Waals surface area contributed by atoms with E-state index in [4.69, 9.17) is 9.47 Å². The van der Waals surface area contributed by atoms with Crippen molar-refractivity contribution < 1.29 is 14.3 Å². The van der Waals surface area contributed by atoms with Crippen LogP contribution in [-0.4, -0.2) is 13.0 Å². The molecule has 5 nitrogen and oxygen atoms in total. The van der Waals surface area contributed by atoms with Crippen molar-refractivity contribution in [2.24, 2.45) is 0 Å². The molecule has 168 valence electrons. The lowest BCUT2D eigenvalue weighted by Crippen LogP contribution is -2.13. The predicted molar refractivity (Wildman–Crippen MR) is 138 cm³/mol. The van der Waals surface area contributed by atoms with Gasteiger partial charge in [-0.05, 0) is 86.4 Å². The summed E-state index contributed by atoms with van der Waals surface area (Å²) in [5, 5.41) is 14.6. The van der Waals surface area contributed by atoms with Crippen molar-refractivity contribution in [3.8, 4) is 17.6 Å². The summed E-state index contributed by atoms with van der Waals surface area (Å²) in [7, 11) is 1.57. The van der Waals surface area contributed by atoms with E-state index in [2.05, 4.69) is 45.5 Å². The number of amides is 1. The number of methoxy groups -OCH3 is 1. The molecule has 34 heavy (non-hydrogen) atoms. The number of hydrogen-bond donors (Lipinski definition) is 1. The van der Waals surface area contributed by atoms with Crippen LogP contribution in [0.25, 0.3) is 16.8 Å². The van der Waals surface area contributed by atoms with Crippen LogP contribution >= 0.6 is 15.9 Å². The van der Waals surface area contributed by atoms with E-state index in [-0.39, 0.29) is 5.57 Å². The van der Waals surface area contributed by atoms with Gasteiger partial charge in [0.1, 0.15) is 29.7 Å². The van der Waals surface area contributed by atoms with Gasteiger partial charge in [-0.3, -0.25) is 4.79 Å². The van der Waals surface area contributed by atoms with Gasteiger partial charge < -0.3 is 14.8 Å². The molecule has 4 aromatic rings. The SMILES string of the molecule is COc1ccc(NC(=O)/C(C#N)=C\c2ccc(OCc3ccc4ccccc4c3)c(Br)c2)cc1. The predicted octanol–water partition coefficient (Wildman–Crippen LogP) is 6.74. The zero-order chi connectivity index (χ0) is 23.9. The normalized spacial score (nSPS) is 11.0. The van der Waals surface area contributed by atoms with Crippen LogP contribution in [0.5, 0.6) is 11.5 Å². The van der Waals surface area contributed by atoms with Crippen molar-refractivity contribution in [3.63, 3.8) is 0 Å². The highest BCUT2D eigenvalue weighted by Gasteiger charge is 2.11. The number of anilines is 1. The Labute approximate surface area is 206 Å². The second-order valence-electron chi connectivity index (χ2n) is 7.51. The highest BCUT2D eigenvalue weighted by atomic mass is 79.9. The lowest BCUT2D eigenvalue weighted by atomic mass is 10.1. The molecule has 0 heterocycles. The van der Waals surface area contributed by atoms with Gasteiger partial charge in [-0.15, -0.1) is 0 Å². The maximum Gasteiger partial charge on any atom is 0.266 e. The van der Waals surface area contributed by atoms with E-state index in [0.717, 1.165) is 10.0 Å². The van der Waals surface area contributed by atoms with Gasteiger partial charge in [0, 0.05) is 5.69 Å². The summed E-state index contributed by atoms with van der Waals surface area (Å²) in [5.41, 5.74) is 2.33. The van der Waals surface area contributed by atoms with E-state index < -0.39 is 5.91 Å². The van der Waals surface area contributed by atoms with E-state index in [1.807, 2.05) is 36.4 Å². The lowest BCUT2D eigenvalue weighted by molar-refractivity contribution is -0.112. The number of nitrogens with zero attached hydrogens (tertiary/aromatic N) is 1. The molecule has 4 aromatic carbocycles. The largest absolute Gasteiger partial charge is 0.497 e. The Balaban J connectivity index is 1.43. The number of fused-ring (bicyclic) bond motifs is 1. The van der Waals surface area contributed by atoms with Crippen molar-refractivity contribution in [1.29, 1.82) is 5.26 Å². The number of hydrogen-bond acceptors (Lipinski definition) is 4. The highest BCUT2D eigenvalue weighted by Crippen LogP contribution is 2.28. The number of ether oxygens (including phenoxy) is 2. The van der Waals surface area contributed by atoms with Gasteiger partial charge in [-0.1, -0.05) is 42.5 Å². The van der Waals surface area contributed by atoms with Crippen LogP contribution < -0.4 is 14.8 Å². The van der Waals surface area contributed by atoms with E-state index >= 15 is 0 Å². The molecule has 0 aliphatic carbocycles. The number of halogens is 1. The fraction of sp³-hybridized carbons (Fsp3) is 0.0714. The zero-order valence-electron chi connectivity index (χ0n) is 18.4. The number of carbonyl (C=O) groups is 1. The molecule has 0 unspecified atom stereocenters. The molecule has 0 saturated heterocycles. The summed E-state index contributed by atoms with van der Waals surface area (Å²) in [6.45, 7) is 0.423. The van der Waals surface area contributed by atoms with Crippen LogP contribution in [0.4, 0.5) is 5.69 Å². The number of benzene rings is 4. The fourth-order valence-corrected chi connectivity index (χ4v) is 3.91. The molecule has 0 atom stereocenters. The first kappa shape index (κ1) is 23.1. The summed E-state index contributed by atoms with van der Waals surface area (Å²) in [5.74, 6) is 0.869. The molecule has 0 radical (unpaired) electrons. The second-order valence-corrected chi connectivity index (χ2v) is 8.37. The van der Waals surface area contributed by atoms with Crippen LogP contribution in [0.15, 0.2) is 95.0 Å². The first-order valence-corrected chi connectivity index (χ1v) is 11.3. The molecule has 0 saturated carbocycles. The van der Waals surface area contributed by atoms with E-state index in [1.54, 1.807) is 37.4 Å². The Morgan fingerprint density at radius 2 is 1.76 bits per heavy atom. The van der Waals surface area contributed by atoms with Gasteiger partial charge in [-0.2, -0.15) is 5.26 Å². The summed E-state index contributed by atoms with van der Waals surface area (Å²) < 4.78 is 11.8. The minimum Gasteiger partial charge on any atom is -0.497 e. The molecular formula is C28H21BrN2O3. The zero-order valence-corrected chi connectivity index (χ0v) is 20.0. The van der Waals surface area contributed by atoms with Crippen LogP contribution in [0.2, 0.25) is 0 Å². The molecule has 6 heteroatoms. The van der Waals surface area contributed by atoms with E-state index in [9.17, 15) is 10.1 Å². The molecule has 1 N–H and O–H groups in total. The second kappa shape index (κ2) is 10.7. The average Bonchev–Trinajstić information content (AvgIpc) is 2.87. The van der Waals surface area contributed by atoms with Gasteiger partial charge >= 0.3 is 0 Å². The summed E-state index contributed by atoms with van der Waals surface area (Å²) in [6, 6.07) is 28.7. The average molecular weight is 513 g/mol. The maximum atomic E-state index is 12.5. The van der Waals surface area contributed by atoms with Crippen molar-refractivity contribution in [1.82, 2.24) is 0 Å². The molecule has 1 amide bonds. The first-order valence-electron chi connectivity index (χ1n) is 10.5. The minimum absolute atomic E-state index is 0.00690. The number of carbonyl (C=O) groups excluding carboxylic acids is 1. The van der Waals surface area contributed by atoms with Crippen molar-refractivity contribution in [2.45, 2.75) is 6.61 Å². The van der Waals surface area contributed by atoms with Gasteiger partial charge in [0.2, 0.25) is 0 Å². The topological polar surface area (TPSA) is 71.3 Å². The highest BCUT2D eigenvalue weighted by molar-refractivity contribution is 9.10. The third kappa shape index (κ3) is 5.64. The van der Waals surface area contributed by atoms with Crippen LogP contribution in [0, 0.1) is 11.3 Å².